The third-order valence-electron chi connectivity index (χ3n) is 5.06. The molecule has 0 atom stereocenters. The Morgan fingerprint density at radius 1 is 0.967 bits per heavy atom. The molecule has 3 aromatic carbocycles. The van der Waals surface area contributed by atoms with E-state index in [1.54, 1.807) is 24.3 Å². The lowest BCUT2D eigenvalue weighted by Gasteiger charge is -2.10. The summed E-state index contributed by atoms with van der Waals surface area (Å²) in [4.78, 5) is 26.2. The Balaban J connectivity index is 1.81. The summed E-state index contributed by atoms with van der Waals surface area (Å²) in [5.41, 5.74) is 10.00. The molecule has 3 N–H and O–H groups in total. The van der Waals surface area contributed by atoms with E-state index in [2.05, 4.69) is 5.32 Å². The van der Waals surface area contributed by atoms with Gasteiger partial charge in [-0.2, -0.15) is 0 Å². The summed E-state index contributed by atoms with van der Waals surface area (Å²) in [7, 11) is 0. The standard InChI is InChI=1S/C24H20FN3O2/c1-14-7-12-19(15(2)13-14)27-23(29)21-18-5-3-4-6-20(18)28(22(21)26)24(30)16-8-10-17(25)11-9-16/h3-13H,26H2,1-2H3,(H,27,29). The predicted molar refractivity (Wildman–Crippen MR) is 116 cm³/mol. The van der Waals surface area contributed by atoms with Crippen LogP contribution in [0.25, 0.3) is 10.9 Å². The molecule has 1 heterocycles. The van der Waals surface area contributed by atoms with Crippen molar-refractivity contribution in [1.29, 1.82) is 0 Å². The van der Waals surface area contributed by atoms with Gasteiger partial charge in [-0.25, -0.2) is 4.39 Å². The maximum Gasteiger partial charge on any atom is 0.263 e. The van der Waals surface area contributed by atoms with Gasteiger partial charge in [0.25, 0.3) is 11.8 Å². The number of halogens is 1. The summed E-state index contributed by atoms with van der Waals surface area (Å²) in [5.74, 6) is -1.24. The lowest BCUT2D eigenvalue weighted by Crippen LogP contribution is -2.18. The molecule has 5 nitrogen and oxygen atoms in total. The molecule has 30 heavy (non-hydrogen) atoms. The molecule has 4 aromatic rings. The zero-order chi connectivity index (χ0) is 21.4. The summed E-state index contributed by atoms with van der Waals surface area (Å²) >= 11 is 0. The zero-order valence-electron chi connectivity index (χ0n) is 16.6. The van der Waals surface area contributed by atoms with Crippen LogP contribution in [0.15, 0.2) is 66.7 Å². The summed E-state index contributed by atoms with van der Waals surface area (Å²) < 4.78 is 14.6. The number of rotatable bonds is 3. The molecule has 1 aromatic heterocycles. The van der Waals surface area contributed by atoms with Gasteiger partial charge in [0.1, 0.15) is 11.6 Å². The third-order valence-corrected chi connectivity index (χ3v) is 5.06. The normalized spacial score (nSPS) is 10.9. The second kappa shape index (κ2) is 7.48. The van der Waals surface area contributed by atoms with Gasteiger partial charge in [0.2, 0.25) is 0 Å². The quantitative estimate of drug-likeness (QED) is 0.511. The number of carbonyl (C=O) groups excluding carboxylic acids is 2. The fourth-order valence-corrected chi connectivity index (χ4v) is 3.58. The molecule has 0 aliphatic heterocycles. The molecular weight excluding hydrogens is 381 g/mol. The smallest absolute Gasteiger partial charge is 0.263 e. The van der Waals surface area contributed by atoms with E-state index >= 15 is 0 Å². The highest BCUT2D eigenvalue weighted by molar-refractivity contribution is 6.20. The number of benzene rings is 3. The number of nitrogens with zero attached hydrogens (tertiary/aromatic N) is 1. The average molecular weight is 401 g/mol. The van der Waals surface area contributed by atoms with Crippen LogP contribution in [-0.4, -0.2) is 16.4 Å². The number of carbonyl (C=O) groups is 2. The van der Waals surface area contributed by atoms with Crippen molar-refractivity contribution in [3.05, 3.63) is 94.8 Å². The molecule has 0 saturated carbocycles. The number of nitrogens with one attached hydrogen (secondary N) is 1. The van der Waals surface area contributed by atoms with Crippen LogP contribution in [0, 0.1) is 19.7 Å². The number of fused-ring (bicyclic) bond motifs is 1. The van der Waals surface area contributed by atoms with Gasteiger partial charge in [-0.3, -0.25) is 14.2 Å². The van der Waals surface area contributed by atoms with Crippen molar-refractivity contribution in [2.24, 2.45) is 0 Å². The van der Waals surface area contributed by atoms with Crippen LogP contribution in [0.2, 0.25) is 0 Å². The van der Waals surface area contributed by atoms with Gasteiger partial charge in [-0.15, -0.1) is 0 Å². The SMILES string of the molecule is Cc1ccc(NC(=O)c2c(N)n(C(=O)c3ccc(F)cc3)c3ccccc23)c(C)c1. The first-order valence-corrected chi connectivity index (χ1v) is 9.44. The molecule has 0 fully saturated rings. The first-order chi connectivity index (χ1) is 14.4. The number of aryl methyl sites for hydroxylation is 2. The Morgan fingerprint density at radius 2 is 1.67 bits per heavy atom. The Hall–Kier alpha value is -3.93. The minimum Gasteiger partial charge on any atom is -0.384 e. The Kier molecular flexibility index (Phi) is 4.83. The van der Waals surface area contributed by atoms with E-state index in [0.29, 0.717) is 16.6 Å². The molecule has 4 rings (SSSR count). The molecule has 0 spiro atoms. The molecule has 150 valence electrons. The van der Waals surface area contributed by atoms with Gasteiger partial charge in [0, 0.05) is 16.6 Å². The van der Waals surface area contributed by atoms with Crippen molar-refractivity contribution in [2.75, 3.05) is 11.1 Å². The van der Waals surface area contributed by atoms with Crippen LogP contribution in [0.1, 0.15) is 31.8 Å². The average Bonchev–Trinajstić information content (AvgIpc) is 3.02. The van der Waals surface area contributed by atoms with Crippen LogP contribution in [0.3, 0.4) is 0 Å². The van der Waals surface area contributed by atoms with E-state index in [-0.39, 0.29) is 16.9 Å². The van der Waals surface area contributed by atoms with Crippen molar-refractivity contribution < 1.29 is 14.0 Å². The topological polar surface area (TPSA) is 77.1 Å². The number of anilines is 2. The van der Waals surface area contributed by atoms with Crippen molar-refractivity contribution in [3.63, 3.8) is 0 Å². The van der Waals surface area contributed by atoms with Crippen molar-refractivity contribution in [2.45, 2.75) is 13.8 Å². The molecular formula is C24H20FN3O2. The highest BCUT2D eigenvalue weighted by atomic mass is 19.1. The number of hydrogen-bond acceptors (Lipinski definition) is 3. The zero-order valence-corrected chi connectivity index (χ0v) is 16.6. The number of para-hydroxylation sites is 1. The van der Waals surface area contributed by atoms with E-state index in [1.807, 2.05) is 32.0 Å². The van der Waals surface area contributed by atoms with E-state index in [1.165, 1.54) is 28.8 Å². The number of nitrogens with two attached hydrogens (primary N) is 1. The highest BCUT2D eigenvalue weighted by Crippen LogP contribution is 2.30. The molecule has 0 unspecified atom stereocenters. The Labute approximate surface area is 172 Å². The van der Waals surface area contributed by atoms with Gasteiger partial charge in [0.15, 0.2) is 0 Å². The first kappa shape index (κ1) is 19.4. The van der Waals surface area contributed by atoms with E-state index in [0.717, 1.165) is 11.1 Å². The number of aromatic nitrogens is 1. The number of hydrogen-bond donors (Lipinski definition) is 2. The van der Waals surface area contributed by atoms with Crippen LogP contribution in [0.5, 0.6) is 0 Å². The first-order valence-electron chi connectivity index (χ1n) is 9.44. The Morgan fingerprint density at radius 3 is 2.37 bits per heavy atom. The van der Waals surface area contributed by atoms with Crippen molar-refractivity contribution in [1.82, 2.24) is 4.57 Å². The van der Waals surface area contributed by atoms with Crippen molar-refractivity contribution >= 4 is 34.2 Å². The van der Waals surface area contributed by atoms with Crippen LogP contribution >= 0.6 is 0 Å². The van der Waals surface area contributed by atoms with Gasteiger partial charge >= 0.3 is 0 Å². The fraction of sp³-hybridized carbons (Fsp3) is 0.0833. The number of nitrogen functional groups attached to an aromatic ring is 1. The molecule has 0 radical (unpaired) electrons. The van der Waals surface area contributed by atoms with Crippen molar-refractivity contribution in [3.8, 4) is 0 Å². The second-order valence-electron chi connectivity index (χ2n) is 7.20. The van der Waals surface area contributed by atoms with Gasteiger partial charge in [-0.05, 0) is 55.8 Å². The van der Waals surface area contributed by atoms with Crippen LogP contribution in [0.4, 0.5) is 15.9 Å². The van der Waals surface area contributed by atoms with Crippen LogP contribution < -0.4 is 11.1 Å². The molecule has 0 bridgehead atoms. The molecule has 1 amide bonds. The van der Waals surface area contributed by atoms with Crippen LogP contribution in [-0.2, 0) is 0 Å². The van der Waals surface area contributed by atoms with Gasteiger partial charge < -0.3 is 11.1 Å². The molecule has 0 saturated heterocycles. The van der Waals surface area contributed by atoms with Gasteiger partial charge in [-0.1, -0.05) is 35.9 Å². The summed E-state index contributed by atoms with van der Waals surface area (Å²) in [5, 5.41) is 3.46. The molecule has 0 aliphatic carbocycles. The summed E-state index contributed by atoms with van der Waals surface area (Å²) in [6.45, 7) is 3.89. The van der Waals surface area contributed by atoms with Gasteiger partial charge in [0.05, 0.1) is 11.1 Å². The third kappa shape index (κ3) is 3.33. The minimum absolute atomic E-state index is 0.0350. The Bertz CT molecular complexity index is 1290. The largest absolute Gasteiger partial charge is 0.384 e. The maximum atomic E-state index is 13.3. The maximum absolute atomic E-state index is 13.3. The lowest BCUT2D eigenvalue weighted by molar-refractivity contribution is 0.0967. The summed E-state index contributed by atoms with van der Waals surface area (Å²) in [6.07, 6.45) is 0. The van der Waals surface area contributed by atoms with E-state index in [4.69, 9.17) is 5.73 Å². The fourth-order valence-electron chi connectivity index (χ4n) is 3.58. The number of amides is 1. The van der Waals surface area contributed by atoms with E-state index in [9.17, 15) is 14.0 Å². The molecule has 0 aliphatic rings. The lowest BCUT2D eigenvalue weighted by atomic mass is 10.1. The second-order valence-corrected chi connectivity index (χ2v) is 7.20. The summed E-state index contributed by atoms with van der Waals surface area (Å²) in [6, 6.07) is 17.9. The predicted octanol–water partition coefficient (Wildman–Crippen LogP) is 4.92. The molecule has 6 heteroatoms. The highest BCUT2D eigenvalue weighted by Gasteiger charge is 2.25. The minimum atomic E-state index is -0.439. The van der Waals surface area contributed by atoms with E-state index < -0.39 is 17.6 Å². The monoisotopic (exact) mass is 401 g/mol.